The molecule has 0 fully saturated rings. The number of aliphatic carboxylic acids is 1. The van der Waals surface area contributed by atoms with Gasteiger partial charge in [0.25, 0.3) is 0 Å². The highest BCUT2D eigenvalue weighted by Crippen LogP contribution is 2.23. The van der Waals surface area contributed by atoms with E-state index < -0.39 is 12.1 Å². The van der Waals surface area contributed by atoms with Crippen LogP contribution in [0, 0.1) is 0 Å². The van der Waals surface area contributed by atoms with Crippen LogP contribution in [0.3, 0.4) is 0 Å². The molecule has 0 radical (unpaired) electrons. The smallest absolute Gasteiger partial charge is 0.337 e. The number of benzene rings is 1. The fourth-order valence-electron chi connectivity index (χ4n) is 1.41. The average Bonchev–Trinajstić information content (AvgIpc) is 2.25. The Morgan fingerprint density at radius 2 is 2.19 bits per heavy atom. The van der Waals surface area contributed by atoms with Gasteiger partial charge in [0.2, 0.25) is 0 Å². The SMILES string of the molecule is O=CCCc1cc(Br)ccc1C(O)C(=O)O. The molecule has 0 amide bonds. The quantitative estimate of drug-likeness (QED) is 0.808. The van der Waals surface area contributed by atoms with Crippen LogP contribution in [0.15, 0.2) is 22.7 Å². The summed E-state index contributed by atoms with van der Waals surface area (Å²) in [6, 6.07) is 4.92. The van der Waals surface area contributed by atoms with Crippen LogP contribution in [0.1, 0.15) is 23.7 Å². The predicted octanol–water partition coefficient (Wildman–Crippen LogP) is 1.70. The van der Waals surface area contributed by atoms with Crippen molar-refractivity contribution in [2.75, 3.05) is 0 Å². The second-order valence-corrected chi connectivity index (χ2v) is 4.20. The van der Waals surface area contributed by atoms with Crippen LogP contribution < -0.4 is 0 Å². The minimum atomic E-state index is -1.55. The summed E-state index contributed by atoms with van der Waals surface area (Å²) in [5.41, 5.74) is 0.994. The molecule has 0 saturated carbocycles. The summed E-state index contributed by atoms with van der Waals surface area (Å²) in [4.78, 5) is 21.0. The Labute approximate surface area is 101 Å². The van der Waals surface area contributed by atoms with Crippen LogP contribution in [-0.4, -0.2) is 22.5 Å². The van der Waals surface area contributed by atoms with Gasteiger partial charge in [-0.15, -0.1) is 0 Å². The Kier molecular flexibility index (Phi) is 4.64. The first-order chi connectivity index (χ1) is 7.56. The van der Waals surface area contributed by atoms with Gasteiger partial charge >= 0.3 is 5.97 Å². The van der Waals surface area contributed by atoms with Crippen molar-refractivity contribution in [3.63, 3.8) is 0 Å². The van der Waals surface area contributed by atoms with E-state index >= 15 is 0 Å². The Hall–Kier alpha value is -1.20. The molecule has 1 atom stereocenters. The van der Waals surface area contributed by atoms with Gasteiger partial charge in [-0.05, 0) is 29.7 Å². The molecule has 0 bridgehead atoms. The van der Waals surface area contributed by atoms with Gasteiger partial charge in [0.05, 0.1) is 0 Å². The number of carbonyl (C=O) groups is 2. The Morgan fingerprint density at radius 1 is 1.50 bits per heavy atom. The molecule has 0 heterocycles. The largest absolute Gasteiger partial charge is 0.479 e. The molecule has 1 unspecified atom stereocenters. The number of carboxylic acids is 1. The first-order valence-corrected chi connectivity index (χ1v) is 5.48. The zero-order valence-electron chi connectivity index (χ0n) is 8.39. The lowest BCUT2D eigenvalue weighted by atomic mass is 9.99. The summed E-state index contributed by atoms with van der Waals surface area (Å²) in [6.07, 6.45) is -0.0641. The topological polar surface area (TPSA) is 74.6 Å². The highest BCUT2D eigenvalue weighted by atomic mass is 79.9. The number of hydrogen-bond acceptors (Lipinski definition) is 3. The van der Waals surface area contributed by atoms with Crippen LogP contribution in [0.25, 0.3) is 0 Å². The van der Waals surface area contributed by atoms with Crippen molar-refractivity contribution in [3.05, 3.63) is 33.8 Å². The Morgan fingerprint density at radius 3 is 2.75 bits per heavy atom. The van der Waals surface area contributed by atoms with E-state index in [1.807, 2.05) is 0 Å². The number of carbonyl (C=O) groups excluding carboxylic acids is 1. The molecule has 1 rings (SSSR count). The molecule has 1 aromatic rings. The maximum atomic E-state index is 10.7. The Bertz CT molecular complexity index is 403. The van der Waals surface area contributed by atoms with Gasteiger partial charge in [0, 0.05) is 10.9 Å². The molecule has 2 N–H and O–H groups in total. The first kappa shape index (κ1) is 12.9. The number of aliphatic hydroxyl groups excluding tert-OH is 1. The van der Waals surface area contributed by atoms with E-state index in [0.717, 1.165) is 10.8 Å². The van der Waals surface area contributed by atoms with E-state index in [1.54, 1.807) is 18.2 Å². The van der Waals surface area contributed by atoms with Gasteiger partial charge in [0.15, 0.2) is 6.10 Å². The molecule has 5 heteroatoms. The maximum Gasteiger partial charge on any atom is 0.337 e. The summed E-state index contributed by atoms with van der Waals surface area (Å²) < 4.78 is 0.787. The summed E-state index contributed by atoms with van der Waals surface area (Å²) in [7, 11) is 0. The van der Waals surface area contributed by atoms with Crippen LogP contribution in [0.4, 0.5) is 0 Å². The summed E-state index contributed by atoms with van der Waals surface area (Å²) >= 11 is 3.26. The zero-order valence-corrected chi connectivity index (χ0v) is 9.98. The van der Waals surface area contributed by atoms with Crippen LogP contribution in [-0.2, 0) is 16.0 Å². The third-order valence-electron chi connectivity index (χ3n) is 2.17. The number of aryl methyl sites for hydroxylation is 1. The van der Waals surface area contributed by atoms with Gasteiger partial charge in [-0.1, -0.05) is 22.0 Å². The molecule has 16 heavy (non-hydrogen) atoms. The normalized spacial score (nSPS) is 12.1. The van der Waals surface area contributed by atoms with Crippen molar-refractivity contribution in [2.45, 2.75) is 18.9 Å². The first-order valence-electron chi connectivity index (χ1n) is 4.69. The van der Waals surface area contributed by atoms with E-state index in [-0.39, 0.29) is 0 Å². The number of rotatable bonds is 5. The van der Waals surface area contributed by atoms with E-state index in [1.165, 1.54) is 0 Å². The van der Waals surface area contributed by atoms with Crippen molar-refractivity contribution in [1.82, 2.24) is 0 Å². The molecule has 0 aliphatic rings. The van der Waals surface area contributed by atoms with Gasteiger partial charge in [-0.25, -0.2) is 4.79 Å². The van der Waals surface area contributed by atoms with Crippen molar-refractivity contribution >= 4 is 28.2 Å². The lowest BCUT2D eigenvalue weighted by molar-refractivity contribution is -0.147. The maximum absolute atomic E-state index is 10.7. The van der Waals surface area contributed by atoms with Crippen molar-refractivity contribution < 1.29 is 19.8 Å². The standard InChI is InChI=1S/C11H11BrO4/c12-8-3-4-9(10(14)11(15)16)7(6-8)2-1-5-13/h3-6,10,14H,1-2H2,(H,15,16). The monoisotopic (exact) mass is 286 g/mol. The Balaban J connectivity index is 3.06. The van der Waals surface area contributed by atoms with E-state index in [9.17, 15) is 14.7 Å². The minimum Gasteiger partial charge on any atom is -0.479 e. The summed E-state index contributed by atoms with van der Waals surface area (Å²) in [5, 5.41) is 18.2. The molecule has 86 valence electrons. The van der Waals surface area contributed by atoms with Crippen molar-refractivity contribution in [1.29, 1.82) is 0 Å². The molecule has 0 spiro atoms. The third kappa shape index (κ3) is 3.15. The van der Waals surface area contributed by atoms with E-state index in [4.69, 9.17) is 5.11 Å². The fraction of sp³-hybridized carbons (Fsp3) is 0.273. The molecule has 0 aliphatic carbocycles. The number of halogens is 1. The minimum absolute atomic E-state index is 0.301. The lowest BCUT2D eigenvalue weighted by Gasteiger charge is -2.11. The predicted molar refractivity (Wildman–Crippen MR) is 61.1 cm³/mol. The molecule has 0 saturated heterocycles. The second kappa shape index (κ2) is 5.77. The second-order valence-electron chi connectivity index (χ2n) is 3.29. The fourth-order valence-corrected chi connectivity index (χ4v) is 1.81. The molecular weight excluding hydrogens is 276 g/mol. The molecule has 0 aromatic heterocycles. The summed E-state index contributed by atoms with van der Waals surface area (Å²) in [5.74, 6) is -1.30. The number of aldehydes is 1. The summed E-state index contributed by atoms with van der Waals surface area (Å²) in [6.45, 7) is 0. The molecule has 0 aliphatic heterocycles. The van der Waals surface area contributed by atoms with Gasteiger partial charge in [0.1, 0.15) is 6.29 Å². The highest BCUT2D eigenvalue weighted by molar-refractivity contribution is 9.10. The van der Waals surface area contributed by atoms with Crippen LogP contribution in [0.2, 0.25) is 0 Å². The van der Waals surface area contributed by atoms with Gasteiger partial charge < -0.3 is 15.0 Å². The molecular formula is C11H11BrO4. The number of hydrogen-bond donors (Lipinski definition) is 2. The number of aliphatic hydroxyl groups is 1. The highest BCUT2D eigenvalue weighted by Gasteiger charge is 2.19. The lowest BCUT2D eigenvalue weighted by Crippen LogP contribution is -2.12. The van der Waals surface area contributed by atoms with Gasteiger partial charge in [-0.3, -0.25) is 0 Å². The average molecular weight is 287 g/mol. The van der Waals surface area contributed by atoms with Gasteiger partial charge in [-0.2, -0.15) is 0 Å². The van der Waals surface area contributed by atoms with Crippen LogP contribution in [0.5, 0.6) is 0 Å². The van der Waals surface area contributed by atoms with E-state index in [0.29, 0.717) is 24.0 Å². The van der Waals surface area contributed by atoms with Crippen molar-refractivity contribution in [2.24, 2.45) is 0 Å². The van der Waals surface area contributed by atoms with Crippen molar-refractivity contribution in [3.8, 4) is 0 Å². The van der Waals surface area contributed by atoms with E-state index in [2.05, 4.69) is 15.9 Å². The van der Waals surface area contributed by atoms with Crippen LogP contribution >= 0.6 is 15.9 Å². The molecule has 4 nitrogen and oxygen atoms in total. The molecule has 1 aromatic carbocycles. The zero-order chi connectivity index (χ0) is 12.1. The third-order valence-corrected chi connectivity index (χ3v) is 2.66. The number of carboxylic acid groups (broad SMARTS) is 1.